The van der Waals surface area contributed by atoms with E-state index in [1.54, 1.807) is 0 Å². The second kappa shape index (κ2) is 8.46. The van der Waals surface area contributed by atoms with E-state index in [2.05, 4.69) is 60.9 Å². The average Bonchev–Trinajstić information content (AvgIpc) is 2.81. The molecule has 0 radical (unpaired) electrons. The number of hydrogen-bond donors (Lipinski definition) is 2. The van der Waals surface area contributed by atoms with Gasteiger partial charge in [-0.3, -0.25) is 4.79 Å². The molecule has 4 heteroatoms. The maximum atomic E-state index is 13.4. The lowest BCUT2D eigenvalue weighted by Gasteiger charge is -2.34. The largest absolute Gasteiger partial charge is 0.329 e. The number of guanidine groups is 1. The van der Waals surface area contributed by atoms with Gasteiger partial charge in [-0.05, 0) is 49.4 Å². The Morgan fingerprint density at radius 2 is 1.47 bits per heavy atom. The number of aliphatic imine (C=N–C) groups is 1. The Kier molecular flexibility index (Phi) is 5.36. The van der Waals surface area contributed by atoms with Crippen LogP contribution in [0.5, 0.6) is 0 Å². The standard InChI is InChI=1S/C28H27N3O/c1-18-8-12-20(13-9-18)22-16-24-26(25(32)17-22)27(21-6-4-3-5-7-21)31-28(30-24)29-23-14-10-19(2)11-15-23/h3-15,22,27H,16-17H2,1-2H3,(H2,29,30,31). The molecule has 3 aromatic carbocycles. The molecule has 0 fully saturated rings. The highest BCUT2D eigenvalue weighted by Gasteiger charge is 2.36. The molecule has 0 amide bonds. The van der Waals surface area contributed by atoms with E-state index >= 15 is 0 Å². The van der Waals surface area contributed by atoms with Gasteiger partial charge in [-0.15, -0.1) is 0 Å². The van der Waals surface area contributed by atoms with Crippen molar-refractivity contribution in [1.29, 1.82) is 0 Å². The fourth-order valence-corrected chi connectivity index (χ4v) is 4.52. The highest BCUT2D eigenvalue weighted by Crippen LogP contribution is 2.41. The number of ketones is 1. The molecule has 4 nitrogen and oxygen atoms in total. The van der Waals surface area contributed by atoms with E-state index in [-0.39, 0.29) is 17.7 Å². The van der Waals surface area contributed by atoms with Gasteiger partial charge in [-0.2, -0.15) is 0 Å². The van der Waals surface area contributed by atoms with E-state index in [1.165, 1.54) is 16.7 Å². The first kappa shape index (κ1) is 20.3. The van der Waals surface area contributed by atoms with Crippen LogP contribution in [-0.4, -0.2) is 11.7 Å². The zero-order valence-electron chi connectivity index (χ0n) is 18.4. The van der Waals surface area contributed by atoms with Crippen molar-refractivity contribution < 1.29 is 4.79 Å². The van der Waals surface area contributed by atoms with Gasteiger partial charge >= 0.3 is 0 Å². The number of benzene rings is 3. The summed E-state index contributed by atoms with van der Waals surface area (Å²) in [5.74, 6) is 1.03. The number of carbonyl (C=O) groups excluding carboxylic acids is 1. The molecule has 0 saturated carbocycles. The molecule has 32 heavy (non-hydrogen) atoms. The van der Waals surface area contributed by atoms with Crippen LogP contribution in [0.2, 0.25) is 0 Å². The summed E-state index contributed by atoms with van der Waals surface area (Å²) in [7, 11) is 0. The number of anilines is 1. The number of nitrogens with one attached hydrogen (secondary N) is 2. The van der Waals surface area contributed by atoms with Crippen LogP contribution in [0.15, 0.2) is 95.1 Å². The second-order valence-electron chi connectivity index (χ2n) is 8.74. The quantitative estimate of drug-likeness (QED) is 0.561. The van der Waals surface area contributed by atoms with Gasteiger partial charge in [-0.25, -0.2) is 4.99 Å². The van der Waals surface area contributed by atoms with E-state index in [4.69, 9.17) is 4.99 Å². The first-order valence-corrected chi connectivity index (χ1v) is 11.1. The number of aryl methyl sites for hydroxylation is 2. The predicted molar refractivity (Wildman–Crippen MR) is 130 cm³/mol. The summed E-state index contributed by atoms with van der Waals surface area (Å²) in [4.78, 5) is 18.3. The van der Waals surface area contributed by atoms with Crippen molar-refractivity contribution in [2.75, 3.05) is 5.32 Å². The monoisotopic (exact) mass is 421 g/mol. The third kappa shape index (κ3) is 4.09. The number of Topliss-reactive ketones (excluding diaryl/α,β-unsaturated/α-hetero) is 1. The smallest absolute Gasteiger partial charge is 0.201 e. The topological polar surface area (TPSA) is 53.5 Å². The van der Waals surface area contributed by atoms with Crippen LogP contribution >= 0.6 is 0 Å². The zero-order valence-corrected chi connectivity index (χ0v) is 18.4. The van der Waals surface area contributed by atoms with E-state index in [9.17, 15) is 4.79 Å². The Bertz CT molecular complexity index is 1190. The normalized spacial score (nSPS) is 20.3. The lowest BCUT2D eigenvalue weighted by atomic mass is 9.78. The molecule has 2 aliphatic rings. The minimum Gasteiger partial charge on any atom is -0.329 e. The van der Waals surface area contributed by atoms with Gasteiger partial charge in [0, 0.05) is 23.4 Å². The van der Waals surface area contributed by atoms with E-state index in [0.29, 0.717) is 12.4 Å². The molecule has 2 atom stereocenters. The molecular formula is C28H27N3O. The molecule has 5 rings (SSSR count). The molecule has 2 N–H and O–H groups in total. The third-order valence-electron chi connectivity index (χ3n) is 6.29. The molecule has 1 heterocycles. The van der Waals surface area contributed by atoms with Gasteiger partial charge in [0.25, 0.3) is 0 Å². The summed E-state index contributed by atoms with van der Waals surface area (Å²) < 4.78 is 0. The van der Waals surface area contributed by atoms with Gasteiger partial charge in [0.05, 0.1) is 0 Å². The van der Waals surface area contributed by atoms with Gasteiger partial charge in [0.1, 0.15) is 6.04 Å². The summed E-state index contributed by atoms with van der Waals surface area (Å²) in [5, 5.41) is 6.87. The van der Waals surface area contributed by atoms with Gasteiger partial charge in [-0.1, -0.05) is 77.9 Å². The molecule has 160 valence electrons. The Morgan fingerprint density at radius 1 is 0.812 bits per heavy atom. The van der Waals surface area contributed by atoms with Gasteiger partial charge < -0.3 is 10.6 Å². The molecule has 2 unspecified atom stereocenters. The fourth-order valence-electron chi connectivity index (χ4n) is 4.52. The lowest BCUT2D eigenvalue weighted by Crippen LogP contribution is -2.39. The first-order chi connectivity index (χ1) is 15.6. The minimum atomic E-state index is -0.299. The maximum Gasteiger partial charge on any atom is 0.201 e. The molecule has 0 saturated heterocycles. The average molecular weight is 422 g/mol. The van der Waals surface area contributed by atoms with Crippen LogP contribution in [0.4, 0.5) is 5.69 Å². The van der Waals surface area contributed by atoms with Crippen molar-refractivity contribution >= 4 is 17.4 Å². The van der Waals surface area contributed by atoms with E-state index in [0.717, 1.165) is 28.9 Å². The molecule has 3 aromatic rings. The highest BCUT2D eigenvalue weighted by atomic mass is 16.1. The van der Waals surface area contributed by atoms with Crippen molar-refractivity contribution in [2.45, 2.75) is 38.6 Å². The van der Waals surface area contributed by atoms with Crippen LogP contribution in [0.3, 0.4) is 0 Å². The van der Waals surface area contributed by atoms with Crippen molar-refractivity contribution in [3.8, 4) is 0 Å². The minimum absolute atomic E-state index is 0.171. The van der Waals surface area contributed by atoms with Crippen molar-refractivity contribution in [1.82, 2.24) is 5.32 Å². The lowest BCUT2D eigenvalue weighted by molar-refractivity contribution is -0.116. The SMILES string of the molecule is Cc1ccc(NC2=NC(c3ccccc3)C3=C(CC(c4ccc(C)cc4)CC3=O)N2)cc1. The molecule has 1 aliphatic carbocycles. The molecule has 1 aliphatic heterocycles. The van der Waals surface area contributed by atoms with Crippen LogP contribution in [-0.2, 0) is 4.79 Å². The molecule has 0 bridgehead atoms. The number of hydrogen-bond acceptors (Lipinski definition) is 4. The van der Waals surface area contributed by atoms with E-state index in [1.807, 2.05) is 42.5 Å². The number of allylic oxidation sites excluding steroid dienone is 1. The predicted octanol–water partition coefficient (Wildman–Crippen LogP) is 5.82. The highest BCUT2D eigenvalue weighted by molar-refractivity contribution is 6.04. The third-order valence-corrected chi connectivity index (χ3v) is 6.29. The first-order valence-electron chi connectivity index (χ1n) is 11.1. The van der Waals surface area contributed by atoms with Crippen molar-refractivity contribution in [2.24, 2.45) is 4.99 Å². The number of rotatable bonds is 3. The summed E-state index contributed by atoms with van der Waals surface area (Å²) in [6.07, 6.45) is 1.31. The molecule has 0 aromatic heterocycles. The van der Waals surface area contributed by atoms with Gasteiger partial charge in [0.15, 0.2) is 5.78 Å². The molecular weight excluding hydrogens is 394 g/mol. The van der Waals surface area contributed by atoms with Crippen molar-refractivity contribution in [3.63, 3.8) is 0 Å². The summed E-state index contributed by atoms with van der Waals surface area (Å²) >= 11 is 0. The Morgan fingerprint density at radius 3 is 2.16 bits per heavy atom. The Hall–Kier alpha value is -3.66. The van der Waals surface area contributed by atoms with E-state index < -0.39 is 0 Å². The van der Waals surface area contributed by atoms with Crippen LogP contribution in [0, 0.1) is 13.8 Å². The number of carbonyl (C=O) groups is 1. The molecule has 0 spiro atoms. The fraction of sp³-hybridized carbons (Fsp3) is 0.214. The Balaban J connectivity index is 1.50. The maximum absolute atomic E-state index is 13.4. The van der Waals surface area contributed by atoms with Crippen molar-refractivity contribution in [3.05, 3.63) is 112 Å². The Labute approximate surface area is 189 Å². The van der Waals surface area contributed by atoms with Gasteiger partial charge in [0.2, 0.25) is 5.96 Å². The second-order valence-corrected chi connectivity index (χ2v) is 8.74. The number of nitrogens with zero attached hydrogens (tertiary/aromatic N) is 1. The summed E-state index contributed by atoms with van der Waals surface area (Å²) in [6.45, 7) is 4.16. The van der Waals surface area contributed by atoms with Crippen LogP contribution < -0.4 is 10.6 Å². The van der Waals surface area contributed by atoms with Crippen LogP contribution in [0.25, 0.3) is 0 Å². The summed E-state index contributed by atoms with van der Waals surface area (Å²) in [5.41, 5.74) is 7.43. The summed E-state index contributed by atoms with van der Waals surface area (Å²) in [6, 6.07) is 26.6. The van der Waals surface area contributed by atoms with Crippen LogP contribution in [0.1, 0.15) is 47.1 Å². The zero-order chi connectivity index (χ0) is 22.1.